The number of amides is 1. The molecule has 0 aliphatic heterocycles. The van der Waals surface area contributed by atoms with Crippen molar-refractivity contribution in [2.45, 2.75) is 58.4 Å². The largest absolute Gasteiger partial charge is 0.381 e. The summed E-state index contributed by atoms with van der Waals surface area (Å²) in [4.78, 5) is 11.4. The number of nitrogens with one attached hydrogen (secondary N) is 1. The Labute approximate surface area is 105 Å². The summed E-state index contributed by atoms with van der Waals surface area (Å²) in [5, 5.41) is 2.89. The molecule has 0 saturated carbocycles. The Hall–Kier alpha value is -0.610. The summed E-state index contributed by atoms with van der Waals surface area (Å²) in [6.45, 7) is 6.39. The van der Waals surface area contributed by atoms with E-state index < -0.39 is 0 Å². The van der Waals surface area contributed by atoms with Crippen LogP contribution in [0.4, 0.5) is 0 Å². The number of nitrogens with two attached hydrogens (primary N) is 1. The maximum Gasteiger partial charge on any atom is 0.219 e. The van der Waals surface area contributed by atoms with E-state index >= 15 is 0 Å². The molecule has 0 aliphatic rings. The normalized spacial score (nSPS) is 12.4. The van der Waals surface area contributed by atoms with Crippen LogP contribution in [-0.2, 0) is 9.53 Å². The Morgan fingerprint density at radius 1 is 1.29 bits per heavy atom. The SMILES string of the molecule is CCCCOCCCNC(=O)CCCC(C)N. The third-order valence-electron chi connectivity index (χ3n) is 2.49. The van der Waals surface area contributed by atoms with Crippen molar-refractivity contribution in [1.29, 1.82) is 0 Å². The first-order valence-electron chi connectivity index (χ1n) is 6.76. The fraction of sp³-hybridized carbons (Fsp3) is 0.923. The van der Waals surface area contributed by atoms with Crippen LogP contribution in [0.25, 0.3) is 0 Å². The summed E-state index contributed by atoms with van der Waals surface area (Å²) in [6.07, 6.45) is 5.53. The maximum atomic E-state index is 11.4. The lowest BCUT2D eigenvalue weighted by molar-refractivity contribution is -0.121. The van der Waals surface area contributed by atoms with Gasteiger partial charge in [0, 0.05) is 32.2 Å². The van der Waals surface area contributed by atoms with E-state index in [1.807, 2.05) is 6.92 Å². The maximum absolute atomic E-state index is 11.4. The first kappa shape index (κ1) is 16.4. The Kier molecular flexibility index (Phi) is 11.4. The molecule has 0 heterocycles. The van der Waals surface area contributed by atoms with Crippen LogP contribution in [0.2, 0.25) is 0 Å². The van der Waals surface area contributed by atoms with Gasteiger partial charge in [0.15, 0.2) is 0 Å². The van der Waals surface area contributed by atoms with Crippen molar-refractivity contribution in [3.05, 3.63) is 0 Å². The lowest BCUT2D eigenvalue weighted by Gasteiger charge is -2.07. The van der Waals surface area contributed by atoms with Crippen molar-refractivity contribution in [3.8, 4) is 0 Å². The highest BCUT2D eigenvalue weighted by Gasteiger charge is 2.01. The molecule has 4 heteroatoms. The zero-order chi connectivity index (χ0) is 12.9. The Balaban J connectivity index is 3.16. The van der Waals surface area contributed by atoms with Gasteiger partial charge in [-0.05, 0) is 32.6 Å². The summed E-state index contributed by atoms with van der Waals surface area (Å²) in [5.41, 5.74) is 5.61. The molecule has 1 unspecified atom stereocenters. The Bertz CT molecular complexity index is 184. The molecule has 0 aromatic heterocycles. The standard InChI is InChI=1S/C13H28N2O2/c1-3-4-10-17-11-6-9-15-13(16)8-5-7-12(2)14/h12H,3-11,14H2,1-2H3,(H,15,16). The fourth-order valence-electron chi connectivity index (χ4n) is 1.42. The van der Waals surface area contributed by atoms with Crippen molar-refractivity contribution in [2.75, 3.05) is 19.8 Å². The molecule has 0 bridgehead atoms. The molecule has 0 spiro atoms. The number of hydrogen-bond acceptors (Lipinski definition) is 3. The van der Waals surface area contributed by atoms with Gasteiger partial charge in [-0.3, -0.25) is 4.79 Å². The number of unbranched alkanes of at least 4 members (excludes halogenated alkanes) is 1. The number of hydrogen-bond donors (Lipinski definition) is 2. The minimum Gasteiger partial charge on any atom is -0.381 e. The van der Waals surface area contributed by atoms with Gasteiger partial charge in [-0.25, -0.2) is 0 Å². The van der Waals surface area contributed by atoms with Gasteiger partial charge in [0.2, 0.25) is 5.91 Å². The van der Waals surface area contributed by atoms with Crippen molar-refractivity contribution in [3.63, 3.8) is 0 Å². The summed E-state index contributed by atoms with van der Waals surface area (Å²) in [7, 11) is 0. The topological polar surface area (TPSA) is 64.3 Å². The predicted octanol–water partition coefficient (Wildman–Crippen LogP) is 1.83. The van der Waals surface area contributed by atoms with Gasteiger partial charge >= 0.3 is 0 Å². The van der Waals surface area contributed by atoms with Gasteiger partial charge in [0.05, 0.1) is 0 Å². The van der Waals surface area contributed by atoms with Gasteiger partial charge < -0.3 is 15.8 Å². The molecule has 102 valence electrons. The van der Waals surface area contributed by atoms with E-state index in [2.05, 4.69) is 12.2 Å². The van der Waals surface area contributed by atoms with Gasteiger partial charge in [0.25, 0.3) is 0 Å². The second-order valence-electron chi connectivity index (χ2n) is 4.54. The van der Waals surface area contributed by atoms with Crippen LogP contribution in [0.1, 0.15) is 52.4 Å². The zero-order valence-corrected chi connectivity index (χ0v) is 11.3. The van der Waals surface area contributed by atoms with Gasteiger partial charge in [-0.15, -0.1) is 0 Å². The minimum atomic E-state index is 0.124. The van der Waals surface area contributed by atoms with Gasteiger partial charge in [-0.2, -0.15) is 0 Å². The van der Waals surface area contributed by atoms with Crippen molar-refractivity contribution in [2.24, 2.45) is 5.73 Å². The fourth-order valence-corrected chi connectivity index (χ4v) is 1.42. The lowest BCUT2D eigenvalue weighted by atomic mass is 10.1. The van der Waals surface area contributed by atoms with Crippen LogP contribution >= 0.6 is 0 Å². The Morgan fingerprint density at radius 2 is 2.00 bits per heavy atom. The molecule has 4 nitrogen and oxygen atoms in total. The van der Waals surface area contributed by atoms with Crippen LogP contribution in [0.5, 0.6) is 0 Å². The van der Waals surface area contributed by atoms with E-state index in [-0.39, 0.29) is 11.9 Å². The molecule has 0 fully saturated rings. The van der Waals surface area contributed by atoms with E-state index in [9.17, 15) is 4.79 Å². The molecule has 0 saturated heterocycles. The van der Waals surface area contributed by atoms with Crippen LogP contribution in [0, 0.1) is 0 Å². The van der Waals surface area contributed by atoms with Crippen LogP contribution < -0.4 is 11.1 Å². The highest BCUT2D eigenvalue weighted by atomic mass is 16.5. The molecule has 1 atom stereocenters. The van der Waals surface area contributed by atoms with E-state index in [0.29, 0.717) is 13.0 Å². The molecule has 1 amide bonds. The molecule has 17 heavy (non-hydrogen) atoms. The summed E-state index contributed by atoms with van der Waals surface area (Å²) < 4.78 is 5.40. The van der Waals surface area contributed by atoms with Crippen molar-refractivity contribution >= 4 is 5.91 Å². The average Bonchev–Trinajstić information content (AvgIpc) is 2.27. The quantitative estimate of drug-likeness (QED) is 0.545. The van der Waals surface area contributed by atoms with E-state index in [0.717, 1.165) is 45.3 Å². The zero-order valence-electron chi connectivity index (χ0n) is 11.3. The molecule has 0 aromatic rings. The molecule has 0 radical (unpaired) electrons. The smallest absolute Gasteiger partial charge is 0.219 e. The molecule has 0 rings (SSSR count). The molecule has 0 aromatic carbocycles. The second-order valence-corrected chi connectivity index (χ2v) is 4.54. The van der Waals surface area contributed by atoms with Crippen LogP contribution in [0.3, 0.4) is 0 Å². The van der Waals surface area contributed by atoms with Gasteiger partial charge in [-0.1, -0.05) is 13.3 Å². The van der Waals surface area contributed by atoms with E-state index in [4.69, 9.17) is 10.5 Å². The molecule has 3 N–H and O–H groups in total. The highest BCUT2D eigenvalue weighted by molar-refractivity contribution is 5.75. The number of carbonyl (C=O) groups excluding carboxylic acids is 1. The summed E-state index contributed by atoms with van der Waals surface area (Å²) >= 11 is 0. The highest BCUT2D eigenvalue weighted by Crippen LogP contribution is 1.98. The lowest BCUT2D eigenvalue weighted by Crippen LogP contribution is -2.25. The van der Waals surface area contributed by atoms with Gasteiger partial charge in [0.1, 0.15) is 0 Å². The predicted molar refractivity (Wildman–Crippen MR) is 70.9 cm³/mol. The van der Waals surface area contributed by atoms with Crippen molar-refractivity contribution < 1.29 is 9.53 Å². The number of ether oxygens (including phenoxy) is 1. The molecular formula is C13H28N2O2. The molecule has 0 aliphatic carbocycles. The first-order chi connectivity index (χ1) is 8.16. The van der Waals surface area contributed by atoms with Crippen LogP contribution in [-0.4, -0.2) is 31.7 Å². The third kappa shape index (κ3) is 13.3. The minimum absolute atomic E-state index is 0.124. The van der Waals surface area contributed by atoms with Crippen LogP contribution in [0.15, 0.2) is 0 Å². The van der Waals surface area contributed by atoms with Crippen molar-refractivity contribution in [1.82, 2.24) is 5.32 Å². The van der Waals surface area contributed by atoms with E-state index in [1.54, 1.807) is 0 Å². The first-order valence-corrected chi connectivity index (χ1v) is 6.76. The Morgan fingerprint density at radius 3 is 2.65 bits per heavy atom. The molecular weight excluding hydrogens is 216 g/mol. The third-order valence-corrected chi connectivity index (χ3v) is 2.49. The number of rotatable bonds is 11. The number of carbonyl (C=O) groups is 1. The second kappa shape index (κ2) is 11.9. The summed E-state index contributed by atoms with van der Waals surface area (Å²) in [6, 6.07) is 0.190. The summed E-state index contributed by atoms with van der Waals surface area (Å²) in [5.74, 6) is 0.124. The van der Waals surface area contributed by atoms with E-state index in [1.165, 1.54) is 0 Å². The average molecular weight is 244 g/mol. The monoisotopic (exact) mass is 244 g/mol.